The van der Waals surface area contributed by atoms with E-state index in [0.717, 1.165) is 57.8 Å². The first kappa shape index (κ1) is 48.8. The number of nitrogens with two attached hydrogens (primary N) is 1. The molecule has 9 heteroatoms. The Bertz CT molecular complexity index is 838. The molecule has 2 atom stereocenters. The first-order valence-corrected chi connectivity index (χ1v) is 22.8. The molecule has 8 nitrogen and oxygen atoms in total. The van der Waals surface area contributed by atoms with Gasteiger partial charge in [-0.15, -0.1) is 0 Å². The van der Waals surface area contributed by atoms with Gasteiger partial charge < -0.3 is 24.6 Å². The summed E-state index contributed by atoms with van der Waals surface area (Å²) in [6, 6.07) is 0. The van der Waals surface area contributed by atoms with Crippen molar-refractivity contribution in [3.05, 3.63) is 12.2 Å². The van der Waals surface area contributed by atoms with Crippen molar-refractivity contribution in [1.29, 1.82) is 0 Å². The van der Waals surface area contributed by atoms with Crippen LogP contribution in [0.5, 0.6) is 0 Å². The normalized spacial score (nSPS) is 13.4. The summed E-state index contributed by atoms with van der Waals surface area (Å²) in [7, 11) is -3.94. The smallest absolute Gasteiger partial charge is 0.329 e. The molecule has 0 rings (SSSR count). The summed E-state index contributed by atoms with van der Waals surface area (Å²) in [6.07, 6.45) is 38.5. The molecule has 0 aliphatic heterocycles. The molecule has 50 heavy (non-hydrogen) atoms. The van der Waals surface area contributed by atoms with Gasteiger partial charge in [-0.2, -0.15) is 0 Å². The van der Waals surface area contributed by atoms with Crippen LogP contribution < -0.4 is 5.73 Å². The molecule has 0 aliphatic carbocycles. The molecule has 1 unspecified atom stereocenters. The number of esters is 2. The highest BCUT2D eigenvalue weighted by Crippen LogP contribution is 2.41. The summed E-state index contributed by atoms with van der Waals surface area (Å²) in [4.78, 5) is 35.3. The summed E-state index contributed by atoms with van der Waals surface area (Å²) >= 11 is 0. The molecule has 0 aliphatic rings. The maximum atomic E-state index is 12.8. The zero-order valence-corrected chi connectivity index (χ0v) is 33.6. The number of allylic oxidation sites excluding steroid dienone is 2. The van der Waals surface area contributed by atoms with Gasteiger partial charge in [-0.25, -0.2) is 0 Å². The molecule has 0 saturated heterocycles. The lowest BCUT2D eigenvalue weighted by Crippen LogP contribution is -2.27. The zero-order chi connectivity index (χ0) is 36.8. The number of hydrogen-bond acceptors (Lipinski definition) is 7. The van der Waals surface area contributed by atoms with Crippen LogP contribution in [-0.4, -0.2) is 49.4 Å². The van der Waals surface area contributed by atoms with E-state index < -0.39 is 25.5 Å². The molecule has 0 spiro atoms. The Morgan fingerprint density at radius 1 is 0.600 bits per heavy atom. The molecule has 296 valence electrons. The number of carbonyl (C=O) groups is 2. The largest absolute Gasteiger partial charge is 0.466 e. The van der Waals surface area contributed by atoms with E-state index in [1.54, 1.807) is 0 Å². The first-order valence-electron chi connectivity index (χ1n) is 21.0. The van der Waals surface area contributed by atoms with Crippen LogP contribution in [0, 0.1) is 5.92 Å². The van der Waals surface area contributed by atoms with Crippen molar-refractivity contribution in [3.63, 3.8) is 0 Å². The Labute approximate surface area is 308 Å². The standard InChI is InChI=1S/C41H80NO7P/c1-3-5-7-9-11-13-15-17-19-21-23-25-27-29-31-34-47-40(43)37-39(38-49-50(45,46)36-33-42)41(44)48-35-32-30-28-26-24-22-20-18-16-14-12-10-8-6-4-2/h18,20,39H,3-17,19,21-38,42H2,1-2H3,(H,45,46)/t39-/m0/s1. The van der Waals surface area contributed by atoms with Crippen LogP contribution in [-0.2, 0) is 28.2 Å². The summed E-state index contributed by atoms with van der Waals surface area (Å²) < 4.78 is 28.1. The molecule has 0 radical (unpaired) electrons. The summed E-state index contributed by atoms with van der Waals surface area (Å²) in [6.45, 7) is 4.67. The lowest BCUT2D eigenvalue weighted by molar-refractivity contribution is -0.156. The van der Waals surface area contributed by atoms with Crippen molar-refractivity contribution >= 4 is 19.5 Å². The van der Waals surface area contributed by atoms with Crippen molar-refractivity contribution < 1.29 is 33.0 Å². The fourth-order valence-electron chi connectivity index (χ4n) is 6.03. The third-order valence-corrected chi connectivity index (χ3v) is 10.7. The minimum atomic E-state index is -3.94. The van der Waals surface area contributed by atoms with Crippen LogP contribution in [0.25, 0.3) is 0 Å². The van der Waals surface area contributed by atoms with E-state index in [0.29, 0.717) is 6.61 Å². The van der Waals surface area contributed by atoms with E-state index in [9.17, 15) is 19.0 Å². The zero-order valence-electron chi connectivity index (χ0n) is 32.7. The van der Waals surface area contributed by atoms with Gasteiger partial charge in [-0.3, -0.25) is 14.2 Å². The van der Waals surface area contributed by atoms with Crippen LogP contribution in [0.15, 0.2) is 12.2 Å². The highest BCUT2D eigenvalue weighted by Gasteiger charge is 2.28. The Morgan fingerprint density at radius 2 is 0.980 bits per heavy atom. The molecule has 0 aromatic rings. The summed E-state index contributed by atoms with van der Waals surface area (Å²) in [5.74, 6) is -2.12. The average Bonchev–Trinajstić information content (AvgIpc) is 3.09. The van der Waals surface area contributed by atoms with Gasteiger partial charge in [-0.1, -0.05) is 167 Å². The summed E-state index contributed by atoms with van der Waals surface area (Å²) in [5.41, 5.74) is 5.41. The molecular formula is C41H80NO7P. The predicted octanol–water partition coefficient (Wildman–Crippen LogP) is 11.8. The number of unbranched alkanes of at least 4 members (excludes halogenated alkanes) is 25. The van der Waals surface area contributed by atoms with Gasteiger partial charge in [0.1, 0.15) is 0 Å². The number of hydrogen-bond donors (Lipinski definition) is 2. The Balaban J connectivity index is 4.10. The monoisotopic (exact) mass is 730 g/mol. The average molecular weight is 730 g/mol. The quantitative estimate of drug-likeness (QED) is 0.0277. The lowest BCUT2D eigenvalue weighted by atomic mass is 10.0. The Kier molecular flexibility index (Phi) is 36.6. The van der Waals surface area contributed by atoms with Crippen molar-refractivity contribution in [3.8, 4) is 0 Å². The van der Waals surface area contributed by atoms with E-state index in [1.165, 1.54) is 122 Å². The molecule has 0 aromatic heterocycles. The maximum absolute atomic E-state index is 12.8. The minimum absolute atomic E-state index is 0.0142. The molecule has 0 bridgehead atoms. The lowest BCUT2D eigenvalue weighted by Gasteiger charge is -2.18. The molecule has 0 amide bonds. The van der Waals surface area contributed by atoms with Crippen molar-refractivity contribution in [2.75, 3.05) is 32.5 Å². The second kappa shape index (κ2) is 37.5. The first-order chi connectivity index (χ1) is 24.4. The van der Waals surface area contributed by atoms with E-state index in [-0.39, 0.29) is 32.3 Å². The second-order valence-electron chi connectivity index (χ2n) is 14.3. The Hall–Kier alpha value is -1.21. The molecule has 3 N–H and O–H groups in total. The summed E-state index contributed by atoms with van der Waals surface area (Å²) in [5, 5.41) is 0. The molecular weight excluding hydrogens is 649 g/mol. The van der Waals surface area contributed by atoms with Gasteiger partial charge in [0.15, 0.2) is 0 Å². The number of rotatable bonds is 39. The topological polar surface area (TPSA) is 125 Å². The van der Waals surface area contributed by atoms with Crippen molar-refractivity contribution in [1.82, 2.24) is 0 Å². The van der Waals surface area contributed by atoms with E-state index in [2.05, 4.69) is 26.0 Å². The number of ether oxygens (including phenoxy) is 2. The van der Waals surface area contributed by atoms with Gasteiger partial charge in [0.05, 0.1) is 38.3 Å². The van der Waals surface area contributed by atoms with Crippen LogP contribution in [0.2, 0.25) is 0 Å². The highest BCUT2D eigenvalue weighted by molar-refractivity contribution is 7.52. The van der Waals surface area contributed by atoms with Crippen LogP contribution in [0.3, 0.4) is 0 Å². The number of carbonyl (C=O) groups excluding carboxylic acids is 2. The predicted molar refractivity (Wildman–Crippen MR) is 209 cm³/mol. The Morgan fingerprint density at radius 3 is 1.40 bits per heavy atom. The van der Waals surface area contributed by atoms with Crippen molar-refractivity contribution in [2.45, 2.75) is 200 Å². The van der Waals surface area contributed by atoms with Gasteiger partial charge >= 0.3 is 19.5 Å². The van der Waals surface area contributed by atoms with Crippen LogP contribution in [0.4, 0.5) is 0 Å². The third kappa shape index (κ3) is 35.2. The van der Waals surface area contributed by atoms with Gasteiger partial charge in [0.25, 0.3) is 0 Å². The SMILES string of the molecule is CCCCCCCCC=CCCCCCCCOC(=O)[C@H](COP(=O)(O)CCN)CC(=O)OCCCCCCCCCCCCCCCCC. The van der Waals surface area contributed by atoms with Gasteiger partial charge in [0, 0.05) is 6.54 Å². The van der Waals surface area contributed by atoms with Gasteiger partial charge in [0.2, 0.25) is 0 Å². The third-order valence-electron chi connectivity index (χ3n) is 9.30. The van der Waals surface area contributed by atoms with E-state index in [4.69, 9.17) is 19.7 Å². The fourth-order valence-corrected chi connectivity index (χ4v) is 6.90. The van der Waals surface area contributed by atoms with E-state index in [1.807, 2.05) is 0 Å². The van der Waals surface area contributed by atoms with Crippen molar-refractivity contribution in [2.24, 2.45) is 11.7 Å². The highest BCUT2D eigenvalue weighted by atomic mass is 31.2. The molecule has 0 aromatic carbocycles. The van der Waals surface area contributed by atoms with E-state index >= 15 is 0 Å². The second-order valence-corrected chi connectivity index (χ2v) is 16.2. The minimum Gasteiger partial charge on any atom is -0.466 e. The van der Waals surface area contributed by atoms with Gasteiger partial charge in [-0.05, 0) is 38.5 Å². The maximum Gasteiger partial charge on any atom is 0.329 e. The molecule has 0 fully saturated rings. The van der Waals surface area contributed by atoms with Crippen LogP contribution in [0.1, 0.15) is 200 Å². The molecule has 0 saturated carbocycles. The molecule has 0 heterocycles. The van der Waals surface area contributed by atoms with Crippen LogP contribution >= 0.6 is 7.60 Å². The fraction of sp³-hybridized carbons (Fsp3) is 0.902.